The van der Waals surface area contributed by atoms with E-state index in [2.05, 4.69) is 10.5 Å². The molecule has 0 unspecified atom stereocenters. The summed E-state index contributed by atoms with van der Waals surface area (Å²) in [5.74, 6) is 0.482. The van der Waals surface area contributed by atoms with Crippen molar-refractivity contribution in [1.82, 2.24) is 5.43 Å². The number of carbonyl (C=O) groups is 1. The highest BCUT2D eigenvalue weighted by Crippen LogP contribution is 2.16. The lowest BCUT2D eigenvalue weighted by molar-refractivity contribution is 0.0955. The Bertz CT molecular complexity index is 630. The van der Waals surface area contributed by atoms with Gasteiger partial charge in [-0.3, -0.25) is 4.79 Å². The second-order valence-corrected chi connectivity index (χ2v) is 5.56. The average Bonchev–Trinajstić information content (AvgIpc) is 2.91. The molecule has 5 heteroatoms. The third-order valence-electron chi connectivity index (χ3n) is 2.77. The van der Waals surface area contributed by atoms with E-state index in [1.807, 2.05) is 26.0 Å². The quantitative estimate of drug-likeness (QED) is 0.693. The molecule has 0 spiro atoms. The van der Waals surface area contributed by atoms with Crippen molar-refractivity contribution in [3.63, 3.8) is 0 Å². The van der Waals surface area contributed by atoms with Crippen molar-refractivity contribution < 1.29 is 9.53 Å². The highest BCUT2D eigenvalue weighted by molar-refractivity contribution is 7.14. The molecule has 1 aromatic carbocycles. The molecule has 0 bridgehead atoms. The highest BCUT2D eigenvalue weighted by Gasteiger charge is 2.06. The minimum absolute atomic E-state index is 0.236. The van der Waals surface area contributed by atoms with Crippen molar-refractivity contribution >= 4 is 23.0 Å². The Kier molecular flexibility index (Phi) is 4.53. The molecule has 0 saturated heterocycles. The predicted octanol–water partition coefficient (Wildman–Crippen LogP) is 3.22. The van der Waals surface area contributed by atoms with Gasteiger partial charge in [-0.05, 0) is 50.2 Å². The molecule has 0 aliphatic rings. The molecule has 1 heterocycles. The predicted molar refractivity (Wildman–Crippen MR) is 81.7 cm³/mol. The zero-order chi connectivity index (χ0) is 14.5. The molecule has 2 aromatic rings. The van der Waals surface area contributed by atoms with E-state index in [-0.39, 0.29) is 5.91 Å². The Morgan fingerprint density at radius 1 is 1.20 bits per heavy atom. The number of methoxy groups -OCH3 is 1. The zero-order valence-electron chi connectivity index (χ0n) is 11.6. The van der Waals surface area contributed by atoms with Crippen molar-refractivity contribution in [2.24, 2.45) is 5.10 Å². The summed E-state index contributed by atoms with van der Waals surface area (Å²) >= 11 is 1.65. The van der Waals surface area contributed by atoms with Gasteiger partial charge in [-0.2, -0.15) is 5.10 Å². The monoisotopic (exact) mass is 288 g/mol. The number of thiophene rings is 1. The number of nitrogens with zero attached hydrogens (tertiary/aromatic N) is 1. The van der Waals surface area contributed by atoms with Gasteiger partial charge >= 0.3 is 0 Å². The molecule has 0 fully saturated rings. The summed E-state index contributed by atoms with van der Waals surface area (Å²) in [5, 5.41) is 4.12. The number of aryl methyl sites for hydroxylation is 1. The molecule has 20 heavy (non-hydrogen) atoms. The fourth-order valence-electron chi connectivity index (χ4n) is 1.63. The normalized spacial score (nSPS) is 11.2. The van der Waals surface area contributed by atoms with Crippen LogP contribution in [0.25, 0.3) is 0 Å². The summed E-state index contributed by atoms with van der Waals surface area (Å²) in [6.07, 6.45) is 0. The maximum atomic E-state index is 11.9. The summed E-state index contributed by atoms with van der Waals surface area (Å²) < 4.78 is 5.05. The van der Waals surface area contributed by atoms with Gasteiger partial charge in [-0.1, -0.05) is 0 Å². The maximum absolute atomic E-state index is 11.9. The highest BCUT2D eigenvalue weighted by atomic mass is 32.1. The molecule has 2 rings (SSSR count). The Morgan fingerprint density at radius 2 is 1.90 bits per heavy atom. The number of hydrogen-bond donors (Lipinski definition) is 1. The zero-order valence-corrected chi connectivity index (χ0v) is 12.5. The third kappa shape index (κ3) is 3.45. The van der Waals surface area contributed by atoms with Crippen molar-refractivity contribution in [2.75, 3.05) is 7.11 Å². The third-order valence-corrected chi connectivity index (χ3v) is 3.88. The summed E-state index contributed by atoms with van der Waals surface area (Å²) in [6, 6.07) is 10.9. The van der Waals surface area contributed by atoms with Crippen molar-refractivity contribution in [3.8, 4) is 5.75 Å². The standard InChI is InChI=1S/C15H16N2O2S/c1-10-4-9-14(20-10)11(2)16-17-15(18)12-5-7-13(19-3)8-6-12/h4-9H,1-3H3,(H,17,18). The van der Waals surface area contributed by atoms with E-state index in [1.165, 1.54) is 4.88 Å². The molecular weight excluding hydrogens is 272 g/mol. The first kappa shape index (κ1) is 14.3. The Balaban J connectivity index is 2.03. The van der Waals surface area contributed by atoms with Gasteiger partial charge in [0, 0.05) is 10.4 Å². The van der Waals surface area contributed by atoms with Crippen LogP contribution in [0.15, 0.2) is 41.5 Å². The summed E-state index contributed by atoms with van der Waals surface area (Å²) in [5.41, 5.74) is 3.90. The van der Waals surface area contributed by atoms with Gasteiger partial charge in [0.25, 0.3) is 5.91 Å². The van der Waals surface area contributed by atoms with E-state index in [1.54, 1.807) is 42.7 Å². The lowest BCUT2D eigenvalue weighted by Crippen LogP contribution is -2.19. The van der Waals surface area contributed by atoms with E-state index in [0.717, 1.165) is 16.3 Å². The second kappa shape index (κ2) is 6.34. The number of benzene rings is 1. The SMILES string of the molecule is COc1ccc(C(=O)NN=C(C)c2ccc(C)s2)cc1. The topological polar surface area (TPSA) is 50.7 Å². The minimum atomic E-state index is -0.236. The fraction of sp³-hybridized carbons (Fsp3) is 0.200. The summed E-state index contributed by atoms with van der Waals surface area (Å²) in [4.78, 5) is 14.2. The van der Waals surface area contributed by atoms with Gasteiger partial charge in [0.15, 0.2) is 0 Å². The van der Waals surface area contributed by atoms with Crippen LogP contribution in [0, 0.1) is 6.92 Å². The van der Waals surface area contributed by atoms with Crippen molar-refractivity contribution in [2.45, 2.75) is 13.8 Å². The van der Waals surface area contributed by atoms with Crippen LogP contribution in [0.5, 0.6) is 5.75 Å². The van der Waals surface area contributed by atoms with Gasteiger partial charge in [0.2, 0.25) is 0 Å². The smallest absolute Gasteiger partial charge is 0.271 e. The number of hydrazone groups is 1. The Morgan fingerprint density at radius 3 is 2.45 bits per heavy atom. The van der Waals surface area contributed by atoms with Gasteiger partial charge < -0.3 is 4.74 Å². The van der Waals surface area contributed by atoms with E-state index in [0.29, 0.717) is 5.56 Å². The summed E-state index contributed by atoms with van der Waals surface area (Å²) in [6.45, 7) is 3.91. The Labute approximate surface area is 122 Å². The first-order valence-electron chi connectivity index (χ1n) is 6.15. The molecule has 0 radical (unpaired) electrons. The molecule has 1 amide bonds. The van der Waals surface area contributed by atoms with Gasteiger partial charge in [0.1, 0.15) is 5.75 Å². The number of ether oxygens (including phenoxy) is 1. The van der Waals surface area contributed by atoms with E-state index in [4.69, 9.17) is 4.74 Å². The largest absolute Gasteiger partial charge is 0.497 e. The first-order valence-corrected chi connectivity index (χ1v) is 6.97. The lowest BCUT2D eigenvalue weighted by Gasteiger charge is -2.03. The van der Waals surface area contributed by atoms with E-state index < -0.39 is 0 Å². The molecule has 0 saturated carbocycles. The van der Waals surface area contributed by atoms with Gasteiger partial charge in [-0.25, -0.2) is 5.43 Å². The van der Waals surface area contributed by atoms with Gasteiger partial charge in [0.05, 0.1) is 17.7 Å². The number of rotatable bonds is 4. The minimum Gasteiger partial charge on any atom is -0.497 e. The second-order valence-electron chi connectivity index (χ2n) is 4.28. The maximum Gasteiger partial charge on any atom is 0.271 e. The van der Waals surface area contributed by atoms with E-state index in [9.17, 15) is 4.79 Å². The molecule has 0 aliphatic heterocycles. The summed E-state index contributed by atoms with van der Waals surface area (Å²) in [7, 11) is 1.59. The van der Waals surface area contributed by atoms with Crippen LogP contribution in [-0.4, -0.2) is 18.7 Å². The van der Waals surface area contributed by atoms with Crippen LogP contribution in [0.2, 0.25) is 0 Å². The van der Waals surface area contributed by atoms with Crippen molar-refractivity contribution in [3.05, 3.63) is 51.7 Å². The molecule has 1 N–H and O–H groups in total. The molecule has 0 aliphatic carbocycles. The van der Waals surface area contributed by atoms with Crippen LogP contribution < -0.4 is 10.2 Å². The molecule has 1 aromatic heterocycles. The van der Waals surface area contributed by atoms with Gasteiger partial charge in [-0.15, -0.1) is 11.3 Å². The van der Waals surface area contributed by atoms with Crippen molar-refractivity contribution in [1.29, 1.82) is 0 Å². The van der Waals surface area contributed by atoms with Crippen LogP contribution in [0.3, 0.4) is 0 Å². The lowest BCUT2D eigenvalue weighted by atomic mass is 10.2. The molecular formula is C15H16N2O2S. The van der Waals surface area contributed by atoms with Crippen LogP contribution in [0.1, 0.15) is 27.0 Å². The first-order chi connectivity index (χ1) is 9.60. The van der Waals surface area contributed by atoms with Crippen LogP contribution in [0.4, 0.5) is 0 Å². The number of nitrogens with one attached hydrogen (secondary N) is 1. The van der Waals surface area contributed by atoms with E-state index >= 15 is 0 Å². The fourth-order valence-corrected chi connectivity index (χ4v) is 2.44. The number of hydrogen-bond acceptors (Lipinski definition) is 4. The molecule has 4 nitrogen and oxygen atoms in total. The number of amides is 1. The molecule has 104 valence electrons. The Hall–Kier alpha value is -2.14. The average molecular weight is 288 g/mol. The van der Waals surface area contributed by atoms with Crippen LogP contribution in [-0.2, 0) is 0 Å². The molecule has 0 atom stereocenters. The number of carbonyl (C=O) groups excluding carboxylic acids is 1. The van der Waals surface area contributed by atoms with Crippen LogP contribution >= 0.6 is 11.3 Å².